The Balaban J connectivity index is 1.86. The Morgan fingerprint density at radius 1 is 0.345 bits per heavy atom. The molecule has 0 spiro atoms. The molecule has 264 valence electrons. The highest BCUT2D eigenvalue weighted by Crippen LogP contribution is 2.80. The molecule has 8 aromatic rings. The highest BCUT2D eigenvalue weighted by atomic mass is 32.1. The monoisotopic (exact) mass is 779 g/mol. The van der Waals surface area contributed by atoms with Gasteiger partial charge >= 0.3 is 0 Å². The van der Waals surface area contributed by atoms with Crippen molar-refractivity contribution in [3.05, 3.63) is 243 Å². The van der Waals surface area contributed by atoms with Gasteiger partial charge in [-0.2, -0.15) is 0 Å². The van der Waals surface area contributed by atoms with Gasteiger partial charge in [0.2, 0.25) is 0 Å². The molecule has 1 nitrogen and oxygen atoms in total. The second-order valence-corrected chi connectivity index (χ2v) is 24.0. The normalized spacial score (nSPS) is 11.6. The molecule has 8 rings (SSSR count). The number of isothiocyanates is 1. The third-order valence-corrected chi connectivity index (χ3v) is 26.5. The van der Waals surface area contributed by atoms with Gasteiger partial charge in [0.15, 0.2) is 7.26 Å². The maximum atomic E-state index is 5.89. The lowest BCUT2D eigenvalue weighted by molar-refractivity contribution is 1.72. The molecule has 0 aliphatic heterocycles. The summed E-state index contributed by atoms with van der Waals surface area (Å²) >= 11 is 5.89. The molecule has 0 radical (unpaired) electrons. The predicted octanol–water partition coefficient (Wildman–Crippen LogP) is 9.75. The van der Waals surface area contributed by atoms with E-state index in [2.05, 4.69) is 248 Å². The molecule has 0 atom stereocenters. The van der Waals surface area contributed by atoms with E-state index in [1.807, 2.05) is 0 Å². The summed E-state index contributed by atoms with van der Waals surface area (Å²) in [7, 11) is -6.05. The molecule has 0 fully saturated rings. The first-order valence-corrected chi connectivity index (χ1v) is 24.1. The zero-order valence-corrected chi connectivity index (χ0v) is 33.8. The third-order valence-electron chi connectivity index (χ3n) is 10.2. The number of hydrogen-bond acceptors (Lipinski definition) is 2. The fourth-order valence-electron chi connectivity index (χ4n) is 8.04. The number of hydrogen-bond donors (Lipinski definition) is 0. The van der Waals surface area contributed by atoms with Gasteiger partial charge in [-0.3, -0.25) is 0 Å². The van der Waals surface area contributed by atoms with Crippen molar-refractivity contribution in [3.63, 3.8) is 0 Å². The van der Waals surface area contributed by atoms with Gasteiger partial charge in [-0.1, -0.05) is 187 Å². The maximum absolute atomic E-state index is 5.89. The summed E-state index contributed by atoms with van der Waals surface area (Å²) < 4.78 is 7.19. The lowest BCUT2D eigenvalue weighted by Crippen LogP contribution is -2.45. The van der Waals surface area contributed by atoms with Gasteiger partial charge in [0.05, 0.1) is 6.89 Å². The van der Waals surface area contributed by atoms with Crippen LogP contribution in [0.5, 0.6) is 0 Å². The first kappa shape index (κ1) is 36.7. The SMILES string of the molecule is S=C=N[P+](C(=P(c1ccccc1)(c1ccccc1)c1ccccc1)[P+](c1ccccc1)(c1ccccc1)c1ccccc1)(c1ccccc1)c1ccccc1. The summed E-state index contributed by atoms with van der Waals surface area (Å²) in [6.07, 6.45) is 0. The Kier molecular flexibility index (Phi) is 11.1. The molecule has 0 aliphatic rings. The van der Waals surface area contributed by atoms with Crippen LogP contribution in [0.25, 0.3) is 0 Å². The minimum absolute atomic E-state index is 1.15. The standard InChI is InChI=1S/C50H40NP3S/c55-41-51-54(48-37-21-7-22-38-48,49-39-23-8-24-40-49)50(52(42-25-9-1-10-26-42,43-27-11-2-12-28-43)44-29-13-3-14-30-44)53(45-31-15-4-16-32-45,46-33-17-5-18-34-46)47-35-19-6-20-36-47/h1-40H/q+2. The van der Waals surface area contributed by atoms with E-state index in [9.17, 15) is 0 Å². The van der Waals surface area contributed by atoms with Crippen molar-refractivity contribution in [1.82, 2.24) is 0 Å². The van der Waals surface area contributed by atoms with E-state index in [0.29, 0.717) is 0 Å². The Morgan fingerprint density at radius 3 is 0.836 bits per heavy atom. The van der Waals surface area contributed by atoms with Crippen LogP contribution in [0.2, 0.25) is 0 Å². The lowest BCUT2D eigenvalue weighted by atomic mass is 10.4. The lowest BCUT2D eigenvalue weighted by Gasteiger charge is -2.39. The highest BCUT2D eigenvalue weighted by Gasteiger charge is 2.69. The molecule has 0 unspecified atom stereocenters. The van der Waals surface area contributed by atoms with E-state index in [-0.39, 0.29) is 0 Å². The fourth-order valence-corrected chi connectivity index (χ4v) is 28.8. The van der Waals surface area contributed by atoms with Gasteiger partial charge in [0.25, 0.3) is 12.2 Å². The van der Waals surface area contributed by atoms with Gasteiger partial charge in [-0.05, 0) is 88.8 Å². The van der Waals surface area contributed by atoms with Crippen molar-refractivity contribution >= 4 is 86.2 Å². The molecule has 8 aromatic carbocycles. The quantitative estimate of drug-likeness (QED) is 0.0724. The summed E-state index contributed by atoms with van der Waals surface area (Å²) in [5.41, 5.74) is 0. The molecule has 0 saturated carbocycles. The van der Waals surface area contributed by atoms with Crippen LogP contribution in [-0.4, -0.2) is 9.94 Å². The predicted molar refractivity (Wildman–Crippen MR) is 249 cm³/mol. The van der Waals surface area contributed by atoms with Gasteiger partial charge in [0.1, 0.15) is 31.7 Å². The minimum Gasteiger partial charge on any atom is -0.0622 e. The number of thiocarbonyl (C=S) groups is 1. The van der Waals surface area contributed by atoms with E-state index in [1.54, 1.807) is 0 Å². The third kappa shape index (κ3) is 6.42. The van der Waals surface area contributed by atoms with Gasteiger partial charge < -0.3 is 0 Å². The molecule has 55 heavy (non-hydrogen) atoms. The molecule has 0 saturated heterocycles. The van der Waals surface area contributed by atoms with Gasteiger partial charge in [-0.25, -0.2) is 0 Å². The second kappa shape index (κ2) is 16.6. The average molecular weight is 780 g/mol. The minimum atomic E-state index is -3.12. The van der Waals surface area contributed by atoms with Crippen LogP contribution in [0.3, 0.4) is 0 Å². The first-order chi connectivity index (χ1) is 27.3. The van der Waals surface area contributed by atoms with Gasteiger partial charge in [0, 0.05) is 0 Å². The van der Waals surface area contributed by atoms with Crippen LogP contribution in [0.15, 0.2) is 247 Å². The molecular formula is C50H40NP3S+2. The topological polar surface area (TPSA) is 12.4 Å². The van der Waals surface area contributed by atoms with E-state index < -0.39 is 21.6 Å². The first-order valence-electron chi connectivity index (χ1n) is 18.4. The van der Waals surface area contributed by atoms with Crippen molar-refractivity contribution < 1.29 is 0 Å². The molecule has 0 amide bonds. The molecule has 0 aliphatic carbocycles. The maximum Gasteiger partial charge on any atom is 0.278 e. The van der Waals surface area contributed by atoms with Crippen LogP contribution in [0.1, 0.15) is 0 Å². The van der Waals surface area contributed by atoms with Crippen LogP contribution in [0, 0.1) is 0 Å². The Labute approximate surface area is 331 Å². The van der Waals surface area contributed by atoms with E-state index >= 15 is 0 Å². The van der Waals surface area contributed by atoms with E-state index in [1.165, 1.54) is 36.6 Å². The van der Waals surface area contributed by atoms with Crippen molar-refractivity contribution in [3.8, 4) is 0 Å². The summed E-state index contributed by atoms with van der Waals surface area (Å²) in [4.78, 5) is 0. The van der Waals surface area contributed by atoms with Crippen molar-refractivity contribution in [1.29, 1.82) is 0 Å². The summed E-state index contributed by atoms with van der Waals surface area (Å²) in [6, 6.07) is 89.5. The van der Waals surface area contributed by atoms with Gasteiger partial charge in [-0.15, -0.1) is 0 Å². The summed E-state index contributed by atoms with van der Waals surface area (Å²) in [5.74, 6) is 0. The van der Waals surface area contributed by atoms with Crippen molar-refractivity contribution in [2.24, 2.45) is 4.76 Å². The largest absolute Gasteiger partial charge is 0.278 e. The Morgan fingerprint density at radius 2 is 0.582 bits per heavy atom. The van der Waals surface area contributed by atoms with Crippen LogP contribution < -0.4 is 42.4 Å². The zero-order chi connectivity index (χ0) is 37.4. The van der Waals surface area contributed by atoms with E-state index in [0.717, 1.165) is 10.6 Å². The smallest absolute Gasteiger partial charge is 0.0622 e. The fraction of sp³-hybridized carbons (Fsp3) is 0. The Hall–Kier alpha value is -5.28. The highest BCUT2D eigenvalue weighted by molar-refractivity contribution is 8.38. The number of benzene rings is 8. The molecule has 0 heterocycles. The van der Waals surface area contributed by atoms with E-state index in [4.69, 9.17) is 17.0 Å². The molecule has 5 heteroatoms. The van der Waals surface area contributed by atoms with Crippen molar-refractivity contribution in [2.75, 3.05) is 0 Å². The number of rotatable bonds is 11. The molecular weight excluding hydrogens is 740 g/mol. The second-order valence-electron chi connectivity index (χ2n) is 13.2. The van der Waals surface area contributed by atoms with Crippen LogP contribution in [-0.2, 0) is 0 Å². The summed E-state index contributed by atoms with van der Waals surface area (Å²) in [6.45, 7) is -2.93. The average Bonchev–Trinajstić information content (AvgIpc) is 3.28. The van der Waals surface area contributed by atoms with Crippen LogP contribution >= 0.6 is 33.8 Å². The molecule has 0 N–H and O–H groups in total. The zero-order valence-electron chi connectivity index (χ0n) is 30.3. The summed E-state index contributed by atoms with van der Waals surface area (Å²) in [5, 5.41) is 13.0. The molecule has 0 aromatic heterocycles. The van der Waals surface area contributed by atoms with Crippen molar-refractivity contribution in [2.45, 2.75) is 0 Å². The number of nitrogens with zero attached hydrogens (tertiary/aromatic N) is 1. The molecule has 0 bridgehead atoms. The van der Waals surface area contributed by atoms with Crippen LogP contribution in [0.4, 0.5) is 0 Å². The Bertz CT molecular complexity index is 2330.